The lowest BCUT2D eigenvalue weighted by atomic mass is 9.33. The van der Waals surface area contributed by atoms with Gasteiger partial charge in [-0.05, 0) is 182 Å². The van der Waals surface area contributed by atoms with E-state index in [2.05, 4.69) is 299 Å². The standard InChI is InChI=1S/C79H64BN3O3/c1-50-39-71-77-72(40-50)83(68-36-32-56(78(2,3)4)46-63(68)51-21-10-7-11-22-51)70-49-76-75(84-37-20-38-85-76)48-67(70)80(77)66-35-33-59(81(57-24-12-8-13-25-57)58-26-14-9-15-27-58)47-69(66)82(71)60-42-54(41-55(43-60)74-45-53-23-16-19-30-73(53)86-74)52-31-34-62-61-28-17-18-29-64(61)79(5,6)65(62)44-52/h7-19,21-36,39-49H,20,37-38H2,1-6H3. The summed E-state index contributed by atoms with van der Waals surface area (Å²) >= 11 is 0. The molecule has 0 saturated carbocycles. The Kier molecular flexibility index (Phi) is 11.9. The Labute approximate surface area is 504 Å². The predicted octanol–water partition coefficient (Wildman–Crippen LogP) is 19.1. The van der Waals surface area contributed by atoms with Crippen LogP contribution in [0.2, 0.25) is 0 Å². The summed E-state index contributed by atoms with van der Waals surface area (Å²) in [6.07, 6.45) is 0.800. The van der Waals surface area contributed by atoms with Crippen LogP contribution in [0.4, 0.5) is 51.2 Å². The number of benzene rings is 11. The topological polar surface area (TPSA) is 41.3 Å². The summed E-state index contributed by atoms with van der Waals surface area (Å²) in [5, 5.41) is 1.06. The van der Waals surface area contributed by atoms with Gasteiger partial charge in [0.1, 0.15) is 11.3 Å². The number of ether oxygens (including phenoxy) is 2. The molecule has 86 heavy (non-hydrogen) atoms. The summed E-state index contributed by atoms with van der Waals surface area (Å²) in [6.45, 7) is 14.8. The molecule has 0 fully saturated rings. The zero-order chi connectivity index (χ0) is 58.0. The smallest absolute Gasteiger partial charge is 0.252 e. The molecule has 0 atom stereocenters. The van der Waals surface area contributed by atoms with E-state index in [0.717, 1.165) is 125 Å². The summed E-state index contributed by atoms with van der Waals surface area (Å²) in [5.41, 5.74) is 27.1. The van der Waals surface area contributed by atoms with Crippen LogP contribution >= 0.6 is 0 Å². The van der Waals surface area contributed by atoms with Gasteiger partial charge in [0.05, 0.1) is 18.9 Å². The Morgan fingerprint density at radius 1 is 0.453 bits per heavy atom. The van der Waals surface area contributed by atoms with Gasteiger partial charge in [0, 0.05) is 79.9 Å². The number of rotatable bonds is 8. The second-order valence-corrected chi connectivity index (χ2v) is 25.2. The molecule has 0 amide bonds. The van der Waals surface area contributed by atoms with E-state index < -0.39 is 0 Å². The van der Waals surface area contributed by atoms with Gasteiger partial charge in [0.15, 0.2) is 11.5 Å². The van der Waals surface area contributed by atoms with Gasteiger partial charge in [0.25, 0.3) is 6.71 Å². The molecule has 4 aliphatic rings. The Hall–Kier alpha value is -9.98. The van der Waals surface area contributed by atoms with Crippen molar-refractivity contribution in [2.45, 2.75) is 58.8 Å². The van der Waals surface area contributed by atoms with Crippen LogP contribution in [0.3, 0.4) is 0 Å². The molecule has 1 aliphatic carbocycles. The third-order valence-electron chi connectivity index (χ3n) is 18.3. The third kappa shape index (κ3) is 8.38. The predicted molar refractivity (Wildman–Crippen MR) is 358 cm³/mol. The maximum Gasteiger partial charge on any atom is 0.252 e. The van der Waals surface area contributed by atoms with Gasteiger partial charge in [-0.3, -0.25) is 0 Å². The Bertz CT molecular complexity index is 4600. The van der Waals surface area contributed by atoms with Gasteiger partial charge in [-0.15, -0.1) is 0 Å². The number of hydrogen-bond acceptors (Lipinski definition) is 6. The molecule has 16 rings (SSSR count). The Balaban J connectivity index is 0.998. The number of anilines is 9. The maximum atomic E-state index is 6.89. The normalized spacial score (nSPS) is 14.2. The van der Waals surface area contributed by atoms with E-state index in [9.17, 15) is 0 Å². The van der Waals surface area contributed by atoms with Crippen molar-refractivity contribution in [1.29, 1.82) is 0 Å². The van der Waals surface area contributed by atoms with Gasteiger partial charge in [0.2, 0.25) is 0 Å². The zero-order valence-electron chi connectivity index (χ0n) is 49.4. The van der Waals surface area contributed by atoms with Crippen LogP contribution in [-0.2, 0) is 10.8 Å². The first-order valence-corrected chi connectivity index (χ1v) is 30.2. The summed E-state index contributed by atoms with van der Waals surface area (Å²) in [4.78, 5) is 7.47. The molecular formula is C79H64BN3O3. The number of hydrogen-bond donors (Lipinski definition) is 0. The van der Waals surface area contributed by atoms with Gasteiger partial charge in [-0.1, -0.05) is 168 Å². The largest absolute Gasteiger partial charge is 0.490 e. The molecule has 11 aromatic carbocycles. The van der Waals surface area contributed by atoms with Crippen molar-refractivity contribution in [3.05, 3.63) is 265 Å². The molecule has 6 nitrogen and oxygen atoms in total. The van der Waals surface area contributed by atoms with Crippen LogP contribution < -0.4 is 40.6 Å². The van der Waals surface area contributed by atoms with Gasteiger partial charge in [-0.2, -0.15) is 0 Å². The molecule has 0 spiro atoms. The van der Waals surface area contributed by atoms with E-state index in [0.29, 0.717) is 13.2 Å². The van der Waals surface area contributed by atoms with Crippen LogP contribution in [0.1, 0.15) is 63.3 Å². The molecule has 7 heteroatoms. The summed E-state index contributed by atoms with van der Waals surface area (Å²) < 4.78 is 20.2. The van der Waals surface area contributed by atoms with Crippen molar-refractivity contribution in [3.63, 3.8) is 0 Å². The number of fused-ring (bicyclic) bond motifs is 9. The molecule has 3 aliphatic heterocycles. The van der Waals surface area contributed by atoms with Crippen molar-refractivity contribution in [2.75, 3.05) is 27.9 Å². The molecule has 0 bridgehead atoms. The SMILES string of the molecule is Cc1cc2c3c(c1)N(c1ccc(C(C)(C)C)cc1-c1ccccc1)c1cc4c(cc1B3c1ccc(N(c3ccccc3)c3ccccc3)cc1N2c1cc(-c2ccc3c(c2)C(C)(C)c2ccccc2-3)cc(-c2cc3ccccc3o2)c1)OCCCO4. The molecule has 1 aromatic heterocycles. The molecular weight excluding hydrogens is 1050 g/mol. The number of aryl methyl sites for hydroxylation is 1. The minimum atomic E-state index is -0.209. The second kappa shape index (κ2) is 19.8. The first-order valence-electron chi connectivity index (χ1n) is 30.2. The monoisotopic (exact) mass is 1110 g/mol. The van der Waals surface area contributed by atoms with E-state index in [4.69, 9.17) is 13.9 Å². The maximum absolute atomic E-state index is 6.89. The van der Waals surface area contributed by atoms with Crippen molar-refractivity contribution in [1.82, 2.24) is 0 Å². The lowest BCUT2D eigenvalue weighted by Gasteiger charge is -2.45. The van der Waals surface area contributed by atoms with Crippen LogP contribution in [0, 0.1) is 6.92 Å². The lowest BCUT2D eigenvalue weighted by molar-refractivity contribution is 0.297. The minimum absolute atomic E-state index is 0.0889. The molecule has 0 N–H and O–H groups in total. The highest BCUT2D eigenvalue weighted by Crippen LogP contribution is 2.53. The summed E-state index contributed by atoms with van der Waals surface area (Å²) in [7, 11) is 0. The zero-order valence-corrected chi connectivity index (χ0v) is 49.4. The van der Waals surface area contributed by atoms with Crippen molar-refractivity contribution in [3.8, 4) is 56.2 Å². The van der Waals surface area contributed by atoms with E-state index in [1.165, 1.54) is 38.7 Å². The molecule has 4 heterocycles. The van der Waals surface area contributed by atoms with E-state index in [-0.39, 0.29) is 17.5 Å². The van der Waals surface area contributed by atoms with Crippen LogP contribution in [-0.4, -0.2) is 19.9 Å². The van der Waals surface area contributed by atoms with E-state index in [1.807, 2.05) is 0 Å². The quantitative estimate of drug-likeness (QED) is 0.141. The van der Waals surface area contributed by atoms with Gasteiger partial charge < -0.3 is 28.6 Å². The van der Waals surface area contributed by atoms with E-state index in [1.54, 1.807) is 0 Å². The highest BCUT2D eigenvalue weighted by atomic mass is 16.5. The Morgan fingerprint density at radius 2 is 1.10 bits per heavy atom. The van der Waals surface area contributed by atoms with Crippen molar-refractivity contribution < 1.29 is 13.9 Å². The van der Waals surface area contributed by atoms with Crippen LogP contribution in [0.25, 0.3) is 55.7 Å². The van der Waals surface area contributed by atoms with Crippen molar-refractivity contribution in [2.24, 2.45) is 0 Å². The molecule has 0 unspecified atom stereocenters. The average molecular weight is 1110 g/mol. The Morgan fingerprint density at radius 3 is 1.85 bits per heavy atom. The van der Waals surface area contributed by atoms with Crippen LogP contribution in [0.5, 0.6) is 11.5 Å². The fourth-order valence-corrected chi connectivity index (χ4v) is 14.2. The fraction of sp³-hybridized carbons (Fsp3) is 0.139. The van der Waals surface area contributed by atoms with Gasteiger partial charge >= 0.3 is 0 Å². The highest BCUT2D eigenvalue weighted by Gasteiger charge is 2.45. The van der Waals surface area contributed by atoms with E-state index >= 15 is 0 Å². The molecule has 0 radical (unpaired) electrons. The minimum Gasteiger partial charge on any atom is -0.490 e. The number of para-hydroxylation sites is 3. The third-order valence-corrected chi connectivity index (χ3v) is 18.3. The molecule has 0 saturated heterocycles. The molecule has 12 aromatic rings. The fourth-order valence-electron chi connectivity index (χ4n) is 14.2. The number of furan rings is 1. The highest BCUT2D eigenvalue weighted by molar-refractivity contribution is 7.00. The average Bonchev–Trinajstić information content (AvgIpc) is 0.882. The lowest BCUT2D eigenvalue weighted by Crippen LogP contribution is -2.61. The second-order valence-electron chi connectivity index (χ2n) is 25.2. The first-order chi connectivity index (χ1) is 41.9. The summed E-state index contributed by atoms with van der Waals surface area (Å²) in [5.74, 6) is 2.35. The van der Waals surface area contributed by atoms with Crippen LogP contribution in [0.15, 0.2) is 247 Å². The first kappa shape index (κ1) is 51.6. The number of nitrogens with zero attached hydrogens (tertiary/aromatic N) is 3. The molecule has 416 valence electrons. The summed E-state index contributed by atoms with van der Waals surface area (Å²) in [6, 6.07) is 89.7. The van der Waals surface area contributed by atoms with Gasteiger partial charge in [-0.25, -0.2) is 0 Å². The van der Waals surface area contributed by atoms with Crippen molar-refractivity contribution >= 4 is 85.3 Å².